The van der Waals surface area contributed by atoms with E-state index in [-0.39, 0.29) is 6.10 Å². The number of nitrogens with zero attached hydrogens (tertiary/aromatic N) is 2. The first-order valence-electron chi connectivity index (χ1n) is 5.87. The molecule has 1 aliphatic rings. The summed E-state index contributed by atoms with van der Waals surface area (Å²) in [4.78, 5) is 4.89. The molecule has 0 aromatic carbocycles. The maximum Gasteiger partial charge on any atom is 0.0763 e. The number of hydrogen-bond donors (Lipinski definition) is 1. The van der Waals surface area contributed by atoms with Gasteiger partial charge in [-0.3, -0.25) is 9.80 Å². The maximum atomic E-state index is 9.53. The fourth-order valence-corrected chi connectivity index (χ4v) is 2.20. The minimum Gasteiger partial charge on any atom is -0.391 e. The van der Waals surface area contributed by atoms with Gasteiger partial charge in [0.05, 0.1) is 6.10 Å². The van der Waals surface area contributed by atoms with Crippen molar-refractivity contribution in [3.63, 3.8) is 0 Å². The Morgan fingerprint density at radius 2 is 1.87 bits per heavy atom. The molecule has 0 spiro atoms. The summed E-state index contributed by atoms with van der Waals surface area (Å²) in [6, 6.07) is 0.702. The Kier molecular flexibility index (Phi) is 6.12. The van der Waals surface area contributed by atoms with Gasteiger partial charge < -0.3 is 5.11 Å². The van der Waals surface area contributed by atoms with Crippen LogP contribution in [0.4, 0.5) is 0 Å². The quantitative estimate of drug-likeness (QED) is 0.765. The van der Waals surface area contributed by atoms with Crippen LogP contribution in [-0.4, -0.2) is 65.1 Å². The first-order chi connectivity index (χ1) is 7.17. The predicted octanol–water partition coefficient (Wildman–Crippen LogP) is 1.16. The van der Waals surface area contributed by atoms with E-state index in [0.29, 0.717) is 11.4 Å². The second-order valence-electron chi connectivity index (χ2n) is 4.40. The summed E-state index contributed by atoms with van der Waals surface area (Å²) < 4.78 is 0. The lowest BCUT2D eigenvalue weighted by atomic mass is 10.2. The molecule has 90 valence electrons. The average Bonchev–Trinajstić information content (AvgIpc) is 2.29. The molecular formula is C11H23BrN2O. The number of rotatable bonds is 5. The zero-order valence-corrected chi connectivity index (χ0v) is 11.4. The van der Waals surface area contributed by atoms with Crippen LogP contribution in [0.25, 0.3) is 0 Å². The third kappa shape index (κ3) is 4.39. The topological polar surface area (TPSA) is 26.7 Å². The van der Waals surface area contributed by atoms with Crippen molar-refractivity contribution in [2.75, 3.05) is 38.1 Å². The Bertz CT molecular complexity index is 172. The zero-order chi connectivity index (χ0) is 11.3. The van der Waals surface area contributed by atoms with Gasteiger partial charge in [-0.1, -0.05) is 22.9 Å². The lowest BCUT2D eigenvalue weighted by molar-refractivity contribution is 0.0666. The van der Waals surface area contributed by atoms with E-state index in [1.165, 1.54) is 6.42 Å². The molecular weight excluding hydrogens is 256 g/mol. The van der Waals surface area contributed by atoms with Gasteiger partial charge in [0.2, 0.25) is 0 Å². The highest BCUT2D eigenvalue weighted by molar-refractivity contribution is 9.09. The van der Waals surface area contributed by atoms with Crippen LogP contribution in [0.2, 0.25) is 0 Å². The summed E-state index contributed by atoms with van der Waals surface area (Å²) in [5.41, 5.74) is 0. The highest BCUT2D eigenvalue weighted by atomic mass is 79.9. The summed E-state index contributed by atoms with van der Waals surface area (Å²) >= 11 is 3.30. The molecule has 0 saturated carbocycles. The molecule has 0 amide bonds. The SMILES string of the molecule is CCC(C)N1CCN(CC(O)CBr)CC1. The molecule has 0 bridgehead atoms. The molecule has 1 saturated heterocycles. The molecule has 1 fully saturated rings. The summed E-state index contributed by atoms with van der Waals surface area (Å²) in [6.07, 6.45) is 1.00. The molecule has 3 nitrogen and oxygen atoms in total. The largest absolute Gasteiger partial charge is 0.391 e. The van der Waals surface area contributed by atoms with Gasteiger partial charge in [-0.2, -0.15) is 0 Å². The first kappa shape index (κ1) is 13.4. The van der Waals surface area contributed by atoms with E-state index in [1.807, 2.05) is 0 Å². The van der Waals surface area contributed by atoms with E-state index in [2.05, 4.69) is 39.6 Å². The van der Waals surface area contributed by atoms with Gasteiger partial charge in [-0.25, -0.2) is 0 Å². The molecule has 0 radical (unpaired) electrons. The highest BCUT2D eigenvalue weighted by Gasteiger charge is 2.21. The van der Waals surface area contributed by atoms with Crippen LogP contribution in [0.1, 0.15) is 20.3 Å². The van der Waals surface area contributed by atoms with E-state index in [1.54, 1.807) is 0 Å². The van der Waals surface area contributed by atoms with Crippen molar-refractivity contribution in [3.8, 4) is 0 Å². The Morgan fingerprint density at radius 1 is 1.27 bits per heavy atom. The summed E-state index contributed by atoms with van der Waals surface area (Å²) in [5.74, 6) is 0. The van der Waals surface area contributed by atoms with Gasteiger partial charge >= 0.3 is 0 Å². The van der Waals surface area contributed by atoms with Crippen LogP contribution in [0, 0.1) is 0 Å². The molecule has 1 heterocycles. The van der Waals surface area contributed by atoms with Crippen LogP contribution < -0.4 is 0 Å². The van der Waals surface area contributed by atoms with Gasteiger partial charge in [0, 0.05) is 44.1 Å². The third-order valence-corrected chi connectivity index (χ3v) is 4.02. The highest BCUT2D eigenvalue weighted by Crippen LogP contribution is 2.09. The fraction of sp³-hybridized carbons (Fsp3) is 1.00. The molecule has 0 aromatic rings. The number of aliphatic hydroxyl groups excluding tert-OH is 1. The van der Waals surface area contributed by atoms with Crippen molar-refractivity contribution in [2.24, 2.45) is 0 Å². The fourth-order valence-electron chi connectivity index (χ4n) is 1.99. The van der Waals surface area contributed by atoms with Gasteiger partial charge in [0.15, 0.2) is 0 Å². The first-order valence-corrected chi connectivity index (χ1v) is 7.00. The van der Waals surface area contributed by atoms with E-state index in [4.69, 9.17) is 0 Å². The van der Waals surface area contributed by atoms with E-state index >= 15 is 0 Å². The molecule has 0 aliphatic carbocycles. The Balaban J connectivity index is 2.23. The van der Waals surface area contributed by atoms with Crippen LogP contribution in [0.15, 0.2) is 0 Å². The van der Waals surface area contributed by atoms with Crippen molar-refractivity contribution >= 4 is 15.9 Å². The van der Waals surface area contributed by atoms with Crippen molar-refractivity contribution in [2.45, 2.75) is 32.4 Å². The van der Waals surface area contributed by atoms with E-state index in [9.17, 15) is 5.11 Å². The Morgan fingerprint density at radius 3 is 2.33 bits per heavy atom. The van der Waals surface area contributed by atoms with Crippen LogP contribution >= 0.6 is 15.9 Å². The van der Waals surface area contributed by atoms with Gasteiger partial charge in [-0.15, -0.1) is 0 Å². The minimum atomic E-state index is -0.222. The van der Waals surface area contributed by atoms with Gasteiger partial charge in [0.1, 0.15) is 0 Å². The summed E-state index contributed by atoms with van der Waals surface area (Å²) in [7, 11) is 0. The zero-order valence-electron chi connectivity index (χ0n) is 9.82. The maximum absolute atomic E-state index is 9.53. The predicted molar refractivity (Wildman–Crippen MR) is 67.6 cm³/mol. The number of alkyl halides is 1. The number of β-amino-alcohol motifs (C(OH)–C–C–N with tert-alkyl or cyclic N) is 1. The van der Waals surface area contributed by atoms with Crippen molar-refractivity contribution in [3.05, 3.63) is 0 Å². The smallest absolute Gasteiger partial charge is 0.0763 e. The molecule has 1 rings (SSSR count). The van der Waals surface area contributed by atoms with Crippen LogP contribution in [0.5, 0.6) is 0 Å². The molecule has 0 aromatic heterocycles. The van der Waals surface area contributed by atoms with E-state index < -0.39 is 0 Å². The van der Waals surface area contributed by atoms with Gasteiger partial charge in [0.25, 0.3) is 0 Å². The standard InChI is InChI=1S/C11H23BrN2O/c1-3-10(2)14-6-4-13(5-7-14)9-11(15)8-12/h10-11,15H,3-9H2,1-2H3. The Hall–Kier alpha value is 0.360. The second-order valence-corrected chi connectivity index (χ2v) is 5.05. The molecule has 2 unspecified atom stereocenters. The molecule has 1 aliphatic heterocycles. The Labute approximate surface area is 102 Å². The normalized spacial score (nSPS) is 24.0. The van der Waals surface area contributed by atoms with E-state index in [0.717, 1.165) is 32.7 Å². The molecule has 1 N–H and O–H groups in total. The average molecular weight is 279 g/mol. The summed E-state index contributed by atoms with van der Waals surface area (Å²) in [5, 5.41) is 10.2. The number of piperazine rings is 1. The summed E-state index contributed by atoms with van der Waals surface area (Å²) in [6.45, 7) is 9.81. The van der Waals surface area contributed by atoms with Crippen molar-refractivity contribution in [1.29, 1.82) is 0 Å². The van der Waals surface area contributed by atoms with Crippen LogP contribution in [-0.2, 0) is 0 Å². The van der Waals surface area contributed by atoms with Crippen LogP contribution in [0.3, 0.4) is 0 Å². The second kappa shape index (κ2) is 6.84. The minimum absolute atomic E-state index is 0.222. The number of hydrogen-bond acceptors (Lipinski definition) is 3. The number of halogens is 1. The lowest BCUT2D eigenvalue weighted by Crippen LogP contribution is -2.51. The molecule has 2 atom stereocenters. The molecule has 4 heteroatoms. The molecule has 15 heavy (non-hydrogen) atoms. The third-order valence-electron chi connectivity index (χ3n) is 3.27. The van der Waals surface area contributed by atoms with Crippen molar-refractivity contribution in [1.82, 2.24) is 9.80 Å². The number of aliphatic hydroxyl groups is 1. The van der Waals surface area contributed by atoms with Gasteiger partial charge in [-0.05, 0) is 13.3 Å². The monoisotopic (exact) mass is 278 g/mol. The van der Waals surface area contributed by atoms with Crippen molar-refractivity contribution < 1.29 is 5.11 Å². The lowest BCUT2D eigenvalue weighted by Gasteiger charge is -2.38.